The lowest BCUT2D eigenvalue weighted by Crippen LogP contribution is -2.04. The number of hydrogen-bond donors (Lipinski definition) is 0. The number of nitro groups is 1. The molecule has 0 atom stereocenters. The summed E-state index contributed by atoms with van der Waals surface area (Å²) >= 11 is 0. The summed E-state index contributed by atoms with van der Waals surface area (Å²) in [6, 6.07) is 5.40. The third-order valence-corrected chi connectivity index (χ3v) is 1.64. The van der Waals surface area contributed by atoms with Crippen LogP contribution in [0.3, 0.4) is 0 Å². The summed E-state index contributed by atoms with van der Waals surface area (Å²) in [7, 11) is 0. The van der Waals surface area contributed by atoms with Gasteiger partial charge in [-0.2, -0.15) is 4.79 Å². The summed E-state index contributed by atoms with van der Waals surface area (Å²) in [5, 5.41) is 13.7. The second kappa shape index (κ2) is 6.14. The van der Waals surface area contributed by atoms with Crippen LogP contribution in [0, 0.1) is 10.1 Å². The van der Waals surface area contributed by atoms with Gasteiger partial charge >= 0.3 is 12.2 Å². The van der Waals surface area contributed by atoms with Crippen LogP contribution in [0.4, 0.5) is 11.4 Å². The maximum atomic E-state index is 10.8. The van der Waals surface area contributed by atoms with Crippen molar-refractivity contribution in [2.75, 3.05) is 6.61 Å². The third-order valence-electron chi connectivity index (χ3n) is 1.64. The predicted octanol–water partition coefficient (Wildman–Crippen LogP) is 2.03. The first-order valence-electron chi connectivity index (χ1n) is 4.71. The van der Waals surface area contributed by atoms with Crippen molar-refractivity contribution in [2.45, 2.75) is 6.92 Å². The smallest absolute Gasteiger partial charge is 0.525 e. The number of carbonyl (C=O) groups is 1. The molecule has 0 unspecified atom stereocenters. The topological polar surface area (TPSA) is 95.9 Å². The minimum Gasteiger partial charge on any atom is -0.525 e. The Bertz CT molecular complexity index is 428. The minimum absolute atomic E-state index is 0.0395. The molecule has 0 N–H and O–H groups in total. The first-order valence-corrected chi connectivity index (χ1v) is 4.71. The van der Waals surface area contributed by atoms with Crippen molar-refractivity contribution in [3.05, 3.63) is 39.8 Å². The Hall–Kier alpha value is -2.53. The first kappa shape index (κ1) is 12.5. The number of rotatable bonds is 5. The Morgan fingerprint density at radius 1 is 1.53 bits per heavy atom. The standard InChI is InChI=1S/C10H9N3O4/c1-2-17-10(14)7-11-12-8-3-5-9(6-4-8)13(15)16/h3-6H,2H2,1H3. The van der Waals surface area contributed by atoms with E-state index in [1.54, 1.807) is 6.92 Å². The average Bonchev–Trinajstić information content (AvgIpc) is 2.30. The highest BCUT2D eigenvalue weighted by Crippen LogP contribution is 2.21. The largest absolute Gasteiger partial charge is 0.616 e. The van der Waals surface area contributed by atoms with Crippen LogP contribution in [0.1, 0.15) is 6.92 Å². The molecule has 0 aliphatic heterocycles. The second-order valence-electron chi connectivity index (χ2n) is 2.81. The molecule has 17 heavy (non-hydrogen) atoms. The molecule has 0 saturated carbocycles. The van der Waals surface area contributed by atoms with Crippen molar-refractivity contribution in [1.82, 2.24) is 0 Å². The van der Waals surface area contributed by atoms with Gasteiger partial charge in [-0.05, 0) is 6.92 Å². The van der Waals surface area contributed by atoms with Gasteiger partial charge in [-0.15, -0.1) is 5.69 Å². The van der Waals surface area contributed by atoms with Crippen LogP contribution in [0.5, 0.6) is 0 Å². The van der Waals surface area contributed by atoms with Gasteiger partial charge in [0.2, 0.25) is 0 Å². The van der Waals surface area contributed by atoms with Gasteiger partial charge in [0, 0.05) is 12.1 Å². The number of nitrogens with zero attached hydrogens (tertiary/aromatic N) is 3. The fraction of sp³-hybridized carbons (Fsp3) is 0.200. The molecule has 0 fully saturated rings. The molecule has 1 aromatic rings. The maximum absolute atomic E-state index is 10.8. The van der Waals surface area contributed by atoms with Crippen molar-refractivity contribution in [3.8, 4) is 0 Å². The van der Waals surface area contributed by atoms with Crippen LogP contribution in [0.25, 0.3) is 5.43 Å². The van der Waals surface area contributed by atoms with Crippen LogP contribution >= 0.6 is 0 Å². The van der Waals surface area contributed by atoms with Gasteiger partial charge in [0.25, 0.3) is 5.69 Å². The Balaban J connectivity index is 2.52. The molecular weight excluding hydrogens is 226 g/mol. The minimum atomic E-state index is -0.710. The molecular formula is C10H9N3O4. The Labute approximate surface area is 97.2 Å². The first-order chi connectivity index (χ1) is 8.13. The molecule has 0 heterocycles. The number of hydrogen-bond acceptors (Lipinski definition) is 5. The van der Waals surface area contributed by atoms with E-state index in [1.165, 1.54) is 24.3 Å². The summed E-state index contributed by atoms with van der Waals surface area (Å²) in [6.45, 7) is 1.89. The van der Waals surface area contributed by atoms with Crippen molar-refractivity contribution in [1.29, 1.82) is 0 Å². The van der Waals surface area contributed by atoms with Gasteiger partial charge < -0.3 is 10.2 Å². The van der Waals surface area contributed by atoms with Crippen molar-refractivity contribution in [3.63, 3.8) is 0 Å². The molecule has 88 valence electrons. The molecule has 1 aromatic carbocycles. The van der Waals surface area contributed by atoms with Gasteiger partial charge in [-0.3, -0.25) is 10.1 Å². The Morgan fingerprint density at radius 3 is 2.71 bits per heavy atom. The summed E-state index contributed by atoms with van der Waals surface area (Å²) < 4.78 is 4.54. The van der Waals surface area contributed by atoms with Gasteiger partial charge in [0.1, 0.15) is 0 Å². The monoisotopic (exact) mass is 235 g/mol. The zero-order valence-corrected chi connectivity index (χ0v) is 8.99. The van der Waals surface area contributed by atoms with Gasteiger partial charge in [-0.1, -0.05) is 17.2 Å². The Morgan fingerprint density at radius 2 is 2.18 bits per heavy atom. The van der Waals surface area contributed by atoms with E-state index >= 15 is 0 Å². The summed E-state index contributed by atoms with van der Waals surface area (Å²) in [5.41, 5.74) is 3.96. The third kappa shape index (κ3) is 4.23. The van der Waals surface area contributed by atoms with Crippen molar-refractivity contribution >= 4 is 23.6 Å². The molecule has 0 saturated heterocycles. The van der Waals surface area contributed by atoms with E-state index in [0.717, 1.165) is 0 Å². The van der Waals surface area contributed by atoms with Crippen molar-refractivity contribution < 1.29 is 14.5 Å². The highest BCUT2D eigenvalue weighted by Gasteiger charge is 2.12. The molecule has 7 nitrogen and oxygen atoms in total. The molecule has 0 aliphatic carbocycles. The molecule has 0 aromatic heterocycles. The van der Waals surface area contributed by atoms with E-state index in [2.05, 4.69) is 15.3 Å². The van der Waals surface area contributed by atoms with Crippen LogP contribution in [-0.4, -0.2) is 23.7 Å². The summed E-state index contributed by atoms with van der Waals surface area (Å²) in [4.78, 5) is 20.6. The van der Waals surface area contributed by atoms with E-state index in [4.69, 9.17) is 0 Å². The molecule has 0 amide bonds. The molecule has 1 rings (SSSR count). The molecule has 7 heteroatoms. The van der Waals surface area contributed by atoms with E-state index in [-0.39, 0.29) is 12.3 Å². The number of esters is 1. The number of nitro benzene ring substituents is 1. The second-order valence-corrected chi connectivity index (χ2v) is 2.81. The lowest BCUT2D eigenvalue weighted by molar-refractivity contribution is -0.384. The van der Waals surface area contributed by atoms with Crippen LogP contribution in [-0.2, 0) is 9.53 Å². The number of carbonyl (C=O) groups excluding carboxylic acids is 1. The normalized spacial score (nSPS) is 9.71. The van der Waals surface area contributed by atoms with Gasteiger partial charge in [0.05, 0.1) is 11.5 Å². The number of ether oxygens (including phenoxy) is 1. The maximum Gasteiger partial charge on any atom is 0.616 e. The van der Waals surface area contributed by atoms with Gasteiger partial charge in [0.15, 0.2) is 0 Å². The predicted molar refractivity (Wildman–Crippen MR) is 60.2 cm³/mol. The molecule has 0 bridgehead atoms. The zero-order valence-electron chi connectivity index (χ0n) is 8.99. The summed E-state index contributed by atoms with van der Waals surface area (Å²) in [5.74, 6) is -0.710. The lowest BCUT2D eigenvalue weighted by Gasteiger charge is -2.07. The lowest BCUT2D eigenvalue weighted by atomic mass is 10.3. The van der Waals surface area contributed by atoms with E-state index in [1.807, 2.05) is 6.21 Å². The van der Waals surface area contributed by atoms with Crippen LogP contribution in [0.15, 0.2) is 29.4 Å². The fourth-order valence-corrected chi connectivity index (χ4v) is 0.928. The molecule has 0 spiro atoms. The average molecular weight is 235 g/mol. The zero-order chi connectivity index (χ0) is 12.7. The van der Waals surface area contributed by atoms with Crippen LogP contribution < -0.4 is 0 Å². The quantitative estimate of drug-likeness (QED) is 0.256. The van der Waals surface area contributed by atoms with E-state index < -0.39 is 10.9 Å². The summed E-state index contributed by atoms with van der Waals surface area (Å²) in [6.07, 6.45) is 2.03. The fourth-order valence-electron chi connectivity index (χ4n) is 0.928. The number of benzene rings is 1. The molecule has 0 aliphatic rings. The highest BCUT2D eigenvalue weighted by atomic mass is 16.6. The van der Waals surface area contributed by atoms with Crippen molar-refractivity contribution in [2.24, 2.45) is 5.10 Å². The highest BCUT2D eigenvalue weighted by molar-refractivity contribution is 6.23. The van der Waals surface area contributed by atoms with E-state index in [0.29, 0.717) is 5.69 Å². The number of non-ortho nitro benzene ring substituents is 1. The Kier molecular flexibility index (Phi) is 4.53. The van der Waals surface area contributed by atoms with Gasteiger partial charge in [-0.25, -0.2) is 0 Å². The molecule has 0 radical (unpaired) electrons. The van der Waals surface area contributed by atoms with Crippen LogP contribution in [0.2, 0.25) is 0 Å². The SMILES string of the molecule is CCOC(=O)[C+]=N[N-]c1ccc([N+](=O)[O-])cc1. The van der Waals surface area contributed by atoms with E-state index in [9.17, 15) is 14.9 Å².